The highest BCUT2D eigenvalue weighted by molar-refractivity contribution is 5.71. The molecule has 0 aliphatic rings. The molecule has 0 aliphatic carbocycles. The Hall–Kier alpha value is -2.56. The van der Waals surface area contributed by atoms with Crippen LogP contribution in [0.2, 0.25) is 0 Å². The van der Waals surface area contributed by atoms with Crippen LogP contribution in [0.15, 0.2) is 36.4 Å². The van der Waals surface area contributed by atoms with Gasteiger partial charge in [0, 0.05) is 12.5 Å². The normalized spacial score (nSPS) is 10.7. The van der Waals surface area contributed by atoms with Crippen LogP contribution in [-0.4, -0.2) is 29.2 Å². The first-order valence-electron chi connectivity index (χ1n) is 6.31. The van der Waals surface area contributed by atoms with E-state index in [1.165, 1.54) is 0 Å². The minimum Gasteiger partial charge on any atom is -0.497 e. The molecule has 0 fully saturated rings. The van der Waals surface area contributed by atoms with E-state index in [0.29, 0.717) is 11.5 Å². The Morgan fingerprint density at radius 2 is 1.75 bits per heavy atom. The van der Waals surface area contributed by atoms with Crippen LogP contribution in [0.4, 0.5) is 0 Å². The molecule has 0 atom stereocenters. The number of hydrogen-bond acceptors (Lipinski definition) is 4. The van der Waals surface area contributed by atoms with Crippen molar-refractivity contribution in [3.05, 3.63) is 47.8 Å². The van der Waals surface area contributed by atoms with Gasteiger partial charge in [-0.15, -0.1) is 0 Å². The highest BCUT2D eigenvalue weighted by Gasteiger charge is 2.06. The molecule has 1 aromatic carbocycles. The molecule has 1 N–H and O–H groups in total. The van der Waals surface area contributed by atoms with E-state index in [1.54, 1.807) is 14.2 Å². The molecule has 0 amide bonds. The summed E-state index contributed by atoms with van der Waals surface area (Å²) in [6.07, 6.45) is 0.725. The largest absolute Gasteiger partial charge is 0.497 e. The molecule has 0 radical (unpaired) electrons. The fraction of sp³-hybridized carbons (Fsp3) is 0.200. The first-order valence-corrected chi connectivity index (χ1v) is 6.31. The number of benzene rings is 1. The molecule has 0 saturated heterocycles. The molecule has 0 aliphatic heterocycles. The highest BCUT2D eigenvalue weighted by Crippen LogP contribution is 2.17. The first kappa shape index (κ1) is 12.5. The van der Waals surface area contributed by atoms with Crippen LogP contribution in [0.25, 0.3) is 11.2 Å². The summed E-state index contributed by atoms with van der Waals surface area (Å²) in [7, 11) is 3.26. The van der Waals surface area contributed by atoms with E-state index in [9.17, 15) is 0 Å². The molecule has 2 heterocycles. The summed E-state index contributed by atoms with van der Waals surface area (Å²) >= 11 is 0. The number of hydrogen-bond donors (Lipinski definition) is 1. The molecule has 0 bridgehead atoms. The van der Waals surface area contributed by atoms with Crippen molar-refractivity contribution < 1.29 is 9.47 Å². The first-order chi connectivity index (χ1) is 9.78. The summed E-state index contributed by atoms with van der Waals surface area (Å²) in [5.74, 6) is 2.30. The van der Waals surface area contributed by atoms with Gasteiger partial charge in [-0.1, -0.05) is 12.1 Å². The van der Waals surface area contributed by atoms with Gasteiger partial charge in [0.05, 0.1) is 19.7 Å². The second-order valence-electron chi connectivity index (χ2n) is 4.43. The topological polar surface area (TPSA) is 60.0 Å². The number of nitrogens with zero attached hydrogens (tertiary/aromatic N) is 2. The fourth-order valence-electron chi connectivity index (χ4n) is 2.06. The standard InChI is InChI=1S/C15H15N3O2/c1-19-11-5-3-10(4-6-11)9-13-16-12-7-8-14(20-2)18-15(12)17-13/h3-8H,9H2,1-2H3,(H,16,17,18). The minimum absolute atomic E-state index is 0.569. The van der Waals surface area contributed by atoms with Crippen LogP contribution in [0.5, 0.6) is 11.6 Å². The Balaban J connectivity index is 1.86. The number of pyridine rings is 1. The van der Waals surface area contributed by atoms with Gasteiger partial charge < -0.3 is 14.5 Å². The number of imidazole rings is 1. The van der Waals surface area contributed by atoms with E-state index in [4.69, 9.17) is 9.47 Å². The van der Waals surface area contributed by atoms with Gasteiger partial charge in [-0.25, -0.2) is 4.98 Å². The lowest BCUT2D eigenvalue weighted by Gasteiger charge is -2.01. The Labute approximate surface area is 116 Å². The van der Waals surface area contributed by atoms with Crippen molar-refractivity contribution in [2.75, 3.05) is 14.2 Å². The van der Waals surface area contributed by atoms with Crippen LogP contribution in [0, 0.1) is 0 Å². The maximum absolute atomic E-state index is 5.15. The van der Waals surface area contributed by atoms with Gasteiger partial charge in [0.1, 0.15) is 11.6 Å². The van der Waals surface area contributed by atoms with Crippen molar-refractivity contribution in [3.8, 4) is 11.6 Å². The zero-order chi connectivity index (χ0) is 13.9. The summed E-state index contributed by atoms with van der Waals surface area (Å²) in [5.41, 5.74) is 2.75. The third kappa shape index (κ3) is 2.42. The van der Waals surface area contributed by atoms with Gasteiger partial charge in [0.25, 0.3) is 0 Å². The molecule has 0 saturated carbocycles. The average molecular weight is 269 g/mol. The number of H-pyrrole nitrogens is 1. The van der Waals surface area contributed by atoms with Crippen LogP contribution >= 0.6 is 0 Å². The van der Waals surface area contributed by atoms with Crippen LogP contribution < -0.4 is 9.47 Å². The predicted octanol–water partition coefficient (Wildman–Crippen LogP) is 2.57. The molecule has 3 rings (SSSR count). The Kier molecular flexibility index (Phi) is 3.25. The number of rotatable bonds is 4. The molecular weight excluding hydrogens is 254 g/mol. The lowest BCUT2D eigenvalue weighted by molar-refractivity contribution is 0.399. The smallest absolute Gasteiger partial charge is 0.215 e. The van der Waals surface area contributed by atoms with Gasteiger partial charge in [-0.2, -0.15) is 4.98 Å². The SMILES string of the molecule is COc1ccc(Cc2nc3nc(OC)ccc3[nH]2)cc1. The Bertz CT molecular complexity index is 720. The monoisotopic (exact) mass is 269 g/mol. The van der Waals surface area contributed by atoms with Gasteiger partial charge in [-0.3, -0.25) is 0 Å². The van der Waals surface area contributed by atoms with Gasteiger partial charge in [0.15, 0.2) is 5.65 Å². The van der Waals surface area contributed by atoms with Crippen molar-refractivity contribution in [1.29, 1.82) is 0 Å². The maximum Gasteiger partial charge on any atom is 0.215 e. The molecule has 0 spiro atoms. The van der Waals surface area contributed by atoms with E-state index in [2.05, 4.69) is 15.0 Å². The predicted molar refractivity (Wildman–Crippen MR) is 76.2 cm³/mol. The summed E-state index contributed by atoms with van der Waals surface area (Å²) in [4.78, 5) is 12.0. The van der Waals surface area contributed by atoms with Crippen LogP contribution in [0.3, 0.4) is 0 Å². The van der Waals surface area contributed by atoms with Crippen molar-refractivity contribution >= 4 is 11.2 Å². The number of nitrogens with one attached hydrogen (secondary N) is 1. The molecule has 0 unspecified atom stereocenters. The van der Waals surface area contributed by atoms with E-state index >= 15 is 0 Å². The minimum atomic E-state index is 0.569. The number of ether oxygens (including phenoxy) is 2. The average Bonchev–Trinajstić information content (AvgIpc) is 2.89. The van der Waals surface area contributed by atoms with Crippen molar-refractivity contribution in [3.63, 3.8) is 0 Å². The number of methoxy groups -OCH3 is 2. The third-order valence-electron chi connectivity index (χ3n) is 3.11. The van der Waals surface area contributed by atoms with E-state index in [0.717, 1.165) is 29.1 Å². The van der Waals surface area contributed by atoms with Crippen molar-refractivity contribution in [2.24, 2.45) is 0 Å². The molecule has 5 nitrogen and oxygen atoms in total. The van der Waals surface area contributed by atoms with E-state index < -0.39 is 0 Å². The van der Waals surface area contributed by atoms with Crippen molar-refractivity contribution in [2.45, 2.75) is 6.42 Å². The molecule has 102 valence electrons. The molecule has 5 heteroatoms. The Morgan fingerprint density at radius 3 is 2.45 bits per heavy atom. The number of fused-ring (bicyclic) bond motifs is 1. The molecule has 2 aromatic heterocycles. The van der Waals surface area contributed by atoms with Crippen LogP contribution in [0.1, 0.15) is 11.4 Å². The summed E-state index contributed by atoms with van der Waals surface area (Å²) < 4.78 is 10.2. The van der Waals surface area contributed by atoms with Gasteiger partial charge in [0.2, 0.25) is 5.88 Å². The molecule has 20 heavy (non-hydrogen) atoms. The van der Waals surface area contributed by atoms with E-state index in [-0.39, 0.29) is 0 Å². The summed E-state index contributed by atoms with van der Waals surface area (Å²) in [6, 6.07) is 11.7. The fourth-order valence-corrected chi connectivity index (χ4v) is 2.06. The van der Waals surface area contributed by atoms with Crippen molar-refractivity contribution in [1.82, 2.24) is 15.0 Å². The maximum atomic E-state index is 5.15. The lowest BCUT2D eigenvalue weighted by atomic mass is 10.1. The lowest BCUT2D eigenvalue weighted by Crippen LogP contribution is -1.91. The molecule has 3 aromatic rings. The zero-order valence-corrected chi connectivity index (χ0v) is 11.4. The van der Waals surface area contributed by atoms with Gasteiger partial charge >= 0.3 is 0 Å². The quantitative estimate of drug-likeness (QED) is 0.790. The summed E-state index contributed by atoms with van der Waals surface area (Å²) in [5, 5.41) is 0. The van der Waals surface area contributed by atoms with Crippen LogP contribution in [-0.2, 0) is 6.42 Å². The highest BCUT2D eigenvalue weighted by atomic mass is 16.5. The molecular formula is C15H15N3O2. The van der Waals surface area contributed by atoms with Gasteiger partial charge in [-0.05, 0) is 23.8 Å². The van der Waals surface area contributed by atoms with E-state index in [1.807, 2.05) is 36.4 Å². The number of aromatic amines is 1. The number of aromatic nitrogens is 3. The zero-order valence-electron chi connectivity index (χ0n) is 11.4. The Morgan fingerprint density at radius 1 is 0.950 bits per heavy atom. The third-order valence-corrected chi connectivity index (χ3v) is 3.11. The summed E-state index contributed by atoms with van der Waals surface area (Å²) in [6.45, 7) is 0. The second-order valence-corrected chi connectivity index (χ2v) is 4.43. The second kappa shape index (κ2) is 5.21.